The maximum absolute atomic E-state index is 12.3. The highest BCUT2D eigenvalue weighted by molar-refractivity contribution is 6.07. The molecular weight excluding hydrogens is 282 g/mol. The molecule has 2 N–H and O–H groups in total. The Morgan fingerprint density at radius 3 is 2.36 bits per heavy atom. The summed E-state index contributed by atoms with van der Waals surface area (Å²) in [7, 11) is 0. The summed E-state index contributed by atoms with van der Waals surface area (Å²) in [5, 5.41) is 13.2. The Bertz CT molecular complexity index is 839. The van der Waals surface area contributed by atoms with Crippen molar-refractivity contribution >= 4 is 28.7 Å². The number of aromatic nitrogens is 3. The molecule has 2 amide bonds. The molecule has 7 heteroatoms. The molecule has 7 nitrogen and oxygen atoms in total. The summed E-state index contributed by atoms with van der Waals surface area (Å²) in [5.41, 5.74) is 2.16. The fourth-order valence-corrected chi connectivity index (χ4v) is 2.04. The van der Waals surface area contributed by atoms with Gasteiger partial charge in [-0.25, -0.2) is 4.52 Å². The van der Waals surface area contributed by atoms with Crippen molar-refractivity contribution in [2.45, 2.75) is 6.92 Å². The molecule has 0 spiro atoms. The van der Waals surface area contributed by atoms with Gasteiger partial charge in [-0.2, -0.15) is 0 Å². The minimum atomic E-state index is -0.339. The summed E-state index contributed by atoms with van der Waals surface area (Å²) in [6.07, 6.45) is 1.72. The molecule has 0 atom stereocenters. The van der Waals surface area contributed by atoms with E-state index < -0.39 is 0 Å². The molecule has 0 aliphatic carbocycles. The molecule has 22 heavy (non-hydrogen) atoms. The summed E-state index contributed by atoms with van der Waals surface area (Å²) in [6, 6.07) is 12.2. The summed E-state index contributed by atoms with van der Waals surface area (Å²) >= 11 is 0. The van der Waals surface area contributed by atoms with Crippen LogP contribution in [0.15, 0.2) is 48.7 Å². The second-order valence-electron chi connectivity index (χ2n) is 4.68. The zero-order chi connectivity index (χ0) is 15.5. The number of anilines is 2. The van der Waals surface area contributed by atoms with Gasteiger partial charge in [-0.1, -0.05) is 11.3 Å². The second-order valence-corrected chi connectivity index (χ2v) is 4.68. The Kier molecular flexibility index (Phi) is 3.53. The van der Waals surface area contributed by atoms with Crippen LogP contribution in [-0.4, -0.2) is 26.6 Å². The minimum absolute atomic E-state index is 0.146. The molecule has 1 aromatic carbocycles. The van der Waals surface area contributed by atoms with E-state index in [9.17, 15) is 9.59 Å². The highest BCUT2D eigenvalue weighted by Gasteiger charge is 2.14. The molecule has 0 aliphatic rings. The van der Waals surface area contributed by atoms with E-state index in [1.807, 2.05) is 12.1 Å². The van der Waals surface area contributed by atoms with Crippen LogP contribution in [0.5, 0.6) is 0 Å². The lowest BCUT2D eigenvalue weighted by Gasteiger charge is -2.05. The standard InChI is InChI=1S/C15H13N5O2/c1-10(21)16-11-5-7-12(8-6-11)17-15(22)14-13-4-2-3-9-20(13)19-18-14/h2-9H,1H3,(H,16,21)(H,17,22). The molecule has 0 saturated carbocycles. The SMILES string of the molecule is CC(=O)Nc1ccc(NC(=O)c2nnn3ccccc23)cc1. The zero-order valence-corrected chi connectivity index (χ0v) is 11.8. The fraction of sp³-hybridized carbons (Fsp3) is 0.0667. The van der Waals surface area contributed by atoms with E-state index in [0.29, 0.717) is 16.9 Å². The van der Waals surface area contributed by atoms with Crippen LogP contribution < -0.4 is 10.6 Å². The summed E-state index contributed by atoms with van der Waals surface area (Å²) < 4.78 is 1.54. The molecular formula is C15H13N5O2. The van der Waals surface area contributed by atoms with Crippen LogP contribution in [0.4, 0.5) is 11.4 Å². The van der Waals surface area contributed by atoms with Gasteiger partial charge in [-0.15, -0.1) is 5.10 Å². The van der Waals surface area contributed by atoms with Gasteiger partial charge in [-0.3, -0.25) is 9.59 Å². The van der Waals surface area contributed by atoms with Crippen molar-refractivity contribution < 1.29 is 9.59 Å². The van der Waals surface area contributed by atoms with Crippen molar-refractivity contribution in [2.24, 2.45) is 0 Å². The lowest BCUT2D eigenvalue weighted by atomic mass is 10.2. The van der Waals surface area contributed by atoms with E-state index in [1.54, 1.807) is 36.5 Å². The van der Waals surface area contributed by atoms with Crippen molar-refractivity contribution in [3.63, 3.8) is 0 Å². The number of benzene rings is 1. The van der Waals surface area contributed by atoms with Gasteiger partial charge in [0.15, 0.2) is 5.69 Å². The smallest absolute Gasteiger partial charge is 0.278 e. The Morgan fingerprint density at radius 1 is 1.00 bits per heavy atom. The number of amides is 2. The average molecular weight is 295 g/mol. The van der Waals surface area contributed by atoms with Gasteiger partial charge >= 0.3 is 0 Å². The zero-order valence-electron chi connectivity index (χ0n) is 11.8. The van der Waals surface area contributed by atoms with Gasteiger partial charge in [0.1, 0.15) is 0 Å². The van der Waals surface area contributed by atoms with E-state index in [0.717, 1.165) is 0 Å². The topological polar surface area (TPSA) is 88.4 Å². The van der Waals surface area contributed by atoms with Crippen molar-refractivity contribution in [2.75, 3.05) is 10.6 Å². The number of carbonyl (C=O) groups excluding carboxylic acids is 2. The lowest BCUT2D eigenvalue weighted by Crippen LogP contribution is -2.13. The quantitative estimate of drug-likeness (QED) is 0.773. The molecule has 0 saturated heterocycles. The predicted octanol–water partition coefficient (Wildman–Crippen LogP) is 1.94. The van der Waals surface area contributed by atoms with Crippen LogP contribution in [0.2, 0.25) is 0 Å². The third-order valence-electron chi connectivity index (χ3n) is 3.00. The van der Waals surface area contributed by atoms with Crippen molar-refractivity contribution in [3.8, 4) is 0 Å². The summed E-state index contributed by atoms with van der Waals surface area (Å²) in [6.45, 7) is 1.44. The van der Waals surface area contributed by atoms with Gasteiger partial charge in [0, 0.05) is 24.5 Å². The predicted molar refractivity (Wildman–Crippen MR) is 81.7 cm³/mol. The summed E-state index contributed by atoms with van der Waals surface area (Å²) in [5.74, 6) is -0.485. The van der Waals surface area contributed by atoms with Crippen LogP contribution >= 0.6 is 0 Å². The number of hydrogen-bond donors (Lipinski definition) is 2. The van der Waals surface area contributed by atoms with E-state index in [-0.39, 0.29) is 17.5 Å². The molecule has 0 bridgehead atoms. The number of rotatable bonds is 3. The number of carbonyl (C=O) groups is 2. The molecule has 2 aromatic heterocycles. The number of nitrogens with one attached hydrogen (secondary N) is 2. The maximum Gasteiger partial charge on any atom is 0.278 e. The van der Waals surface area contributed by atoms with Crippen LogP contribution in [0.3, 0.4) is 0 Å². The van der Waals surface area contributed by atoms with Crippen molar-refractivity contribution in [1.82, 2.24) is 14.8 Å². The highest BCUT2D eigenvalue weighted by atomic mass is 16.2. The molecule has 110 valence electrons. The first kappa shape index (κ1) is 13.7. The minimum Gasteiger partial charge on any atom is -0.326 e. The Morgan fingerprint density at radius 2 is 1.68 bits per heavy atom. The fourth-order valence-electron chi connectivity index (χ4n) is 2.04. The molecule has 0 radical (unpaired) electrons. The van der Waals surface area contributed by atoms with E-state index in [2.05, 4.69) is 20.9 Å². The second kappa shape index (κ2) is 5.65. The normalized spacial score (nSPS) is 10.4. The average Bonchev–Trinajstić information content (AvgIpc) is 2.93. The first-order valence-corrected chi connectivity index (χ1v) is 6.62. The van der Waals surface area contributed by atoms with Crippen LogP contribution in [0, 0.1) is 0 Å². The van der Waals surface area contributed by atoms with Crippen LogP contribution in [0.1, 0.15) is 17.4 Å². The first-order chi connectivity index (χ1) is 10.6. The van der Waals surface area contributed by atoms with Gasteiger partial charge in [0.25, 0.3) is 5.91 Å². The third-order valence-corrected chi connectivity index (χ3v) is 3.00. The van der Waals surface area contributed by atoms with Gasteiger partial charge in [0.2, 0.25) is 5.91 Å². The third kappa shape index (κ3) is 2.78. The van der Waals surface area contributed by atoms with Crippen molar-refractivity contribution in [1.29, 1.82) is 0 Å². The Hall–Kier alpha value is -3.22. The maximum atomic E-state index is 12.3. The molecule has 2 heterocycles. The Balaban J connectivity index is 1.78. The Labute approximate surface area is 126 Å². The van der Waals surface area contributed by atoms with E-state index in [1.165, 1.54) is 11.4 Å². The molecule has 0 unspecified atom stereocenters. The number of hydrogen-bond acceptors (Lipinski definition) is 4. The van der Waals surface area contributed by atoms with E-state index in [4.69, 9.17) is 0 Å². The molecule has 0 aliphatic heterocycles. The highest BCUT2D eigenvalue weighted by Crippen LogP contribution is 2.15. The van der Waals surface area contributed by atoms with Gasteiger partial charge < -0.3 is 10.6 Å². The number of pyridine rings is 1. The van der Waals surface area contributed by atoms with E-state index >= 15 is 0 Å². The monoisotopic (exact) mass is 295 g/mol. The molecule has 0 fully saturated rings. The summed E-state index contributed by atoms with van der Waals surface area (Å²) in [4.78, 5) is 23.2. The van der Waals surface area contributed by atoms with Crippen LogP contribution in [0.25, 0.3) is 5.52 Å². The number of fused-ring (bicyclic) bond motifs is 1. The van der Waals surface area contributed by atoms with Crippen molar-refractivity contribution in [3.05, 3.63) is 54.4 Å². The lowest BCUT2D eigenvalue weighted by molar-refractivity contribution is -0.114. The van der Waals surface area contributed by atoms with Gasteiger partial charge in [0.05, 0.1) is 5.52 Å². The molecule has 3 aromatic rings. The van der Waals surface area contributed by atoms with Crippen LogP contribution in [-0.2, 0) is 4.79 Å². The first-order valence-electron chi connectivity index (χ1n) is 6.62. The van der Waals surface area contributed by atoms with Gasteiger partial charge in [-0.05, 0) is 36.4 Å². The molecule has 3 rings (SSSR count). The number of nitrogens with zero attached hydrogens (tertiary/aromatic N) is 3. The largest absolute Gasteiger partial charge is 0.326 e.